The number of hydrogen-bond acceptors (Lipinski definition) is 1. The lowest BCUT2D eigenvalue weighted by molar-refractivity contribution is 0.557. The minimum absolute atomic E-state index is 0.203. The number of aromatic nitrogens is 1. The summed E-state index contributed by atoms with van der Waals surface area (Å²) in [6, 6.07) is 6.66. The van der Waals surface area contributed by atoms with Crippen molar-refractivity contribution >= 4 is 22.5 Å². The second kappa shape index (κ2) is 3.25. The van der Waals surface area contributed by atoms with Crippen molar-refractivity contribution in [1.29, 1.82) is 0 Å². The summed E-state index contributed by atoms with van der Waals surface area (Å²) in [5, 5.41) is 1.89. The van der Waals surface area contributed by atoms with Crippen LogP contribution in [0.5, 0.6) is 0 Å². The van der Waals surface area contributed by atoms with Gasteiger partial charge in [0, 0.05) is 28.6 Å². The summed E-state index contributed by atoms with van der Waals surface area (Å²) in [4.78, 5) is 3.15. The first-order chi connectivity index (χ1) is 7.63. The van der Waals surface area contributed by atoms with Crippen LogP contribution >= 0.6 is 11.6 Å². The second-order valence-electron chi connectivity index (χ2n) is 4.84. The van der Waals surface area contributed by atoms with Gasteiger partial charge in [-0.05, 0) is 37.5 Å². The van der Waals surface area contributed by atoms with Gasteiger partial charge in [0.2, 0.25) is 0 Å². The van der Waals surface area contributed by atoms with E-state index in [1.807, 2.05) is 6.20 Å². The zero-order chi connectivity index (χ0) is 11.3. The van der Waals surface area contributed by atoms with Gasteiger partial charge in [0.05, 0.1) is 5.02 Å². The molecule has 3 rings (SSSR count). The number of nitrogens with one attached hydrogen (secondary N) is 1. The van der Waals surface area contributed by atoms with Gasteiger partial charge < -0.3 is 10.7 Å². The van der Waals surface area contributed by atoms with Crippen LogP contribution in [0, 0.1) is 0 Å². The summed E-state index contributed by atoms with van der Waals surface area (Å²) in [5.74, 6) is 0. The van der Waals surface area contributed by atoms with Crippen LogP contribution in [0.2, 0.25) is 5.02 Å². The zero-order valence-corrected chi connectivity index (χ0v) is 10.0. The normalized spacial score (nSPS) is 19.9. The van der Waals surface area contributed by atoms with Gasteiger partial charge in [-0.25, -0.2) is 0 Å². The molecule has 3 N–H and O–H groups in total. The number of aromatic amines is 1. The summed E-state index contributed by atoms with van der Waals surface area (Å²) < 4.78 is 0. The number of rotatable bonds is 2. The zero-order valence-electron chi connectivity index (χ0n) is 9.26. The van der Waals surface area contributed by atoms with Gasteiger partial charge in [-0.1, -0.05) is 17.7 Å². The largest absolute Gasteiger partial charge is 0.360 e. The maximum Gasteiger partial charge on any atom is 0.0659 e. The molecular weight excluding hydrogens is 220 g/mol. The number of fused-ring (bicyclic) bond motifs is 1. The highest BCUT2D eigenvalue weighted by Gasteiger charge is 2.47. The minimum atomic E-state index is 0.203. The standard InChI is InChI=1S/C13H15ClN2/c1-8(15)13(4-5-13)9-2-3-12-10(6-9)11(14)7-16-12/h2-3,6-8,16H,4-5,15H2,1H3. The Morgan fingerprint density at radius 1 is 1.44 bits per heavy atom. The molecule has 1 aliphatic carbocycles. The Hall–Kier alpha value is -0.990. The fraction of sp³-hybridized carbons (Fsp3) is 0.385. The molecule has 1 aromatic heterocycles. The van der Waals surface area contributed by atoms with Gasteiger partial charge in [0.25, 0.3) is 0 Å². The van der Waals surface area contributed by atoms with E-state index in [0.29, 0.717) is 0 Å². The van der Waals surface area contributed by atoms with Crippen molar-refractivity contribution in [3.63, 3.8) is 0 Å². The molecule has 1 unspecified atom stereocenters. The van der Waals surface area contributed by atoms with Gasteiger partial charge in [-0.15, -0.1) is 0 Å². The molecule has 0 radical (unpaired) electrons. The smallest absolute Gasteiger partial charge is 0.0659 e. The number of nitrogens with two attached hydrogens (primary N) is 1. The summed E-state index contributed by atoms with van der Waals surface area (Å²) in [7, 11) is 0. The maximum absolute atomic E-state index is 6.13. The Morgan fingerprint density at radius 3 is 2.81 bits per heavy atom. The van der Waals surface area contributed by atoms with Crippen molar-refractivity contribution in [2.24, 2.45) is 5.73 Å². The number of H-pyrrole nitrogens is 1. The van der Waals surface area contributed by atoms with Gasteiger partial charge in [-0.2, -0.15) is 0 Å². The molecule has 0 spiro atoms. The average molecular weight is 235 g/mol. The first-order valence-corrected chi connectivity index (χ1v) is 6.04. The summed E-state index contributed by atoms with van der Waals surface area (Å²) in [5.41, 5.74) is 8.71. The van der Waals surface area contributed by atoms with E-state index in [0.717, 1.165) is 15.9 Å². The van der Waals surface area contributed by atoms with Crippen LogP contribution in [0.3, 0.4) is 0 Å². The topological polar surface area (TPSA) is 41.8 Å². The first-order valence-electron chi connectivity index (χ1n) is 5.66. The highest BCUT2D eigenvalue weighted by Crippen LogP contribution is 2.50. The number of benzene rings is 1. The predicted octanol–water partition coefficient (Wildman–Crippen LogP) is 3.20. The van der Waals surface area contributed by atoms with Crippen LogP contribution in [0.25, 0.3) is 10.9 Å². The van der Waals surface area contributed by atoms with E-state index in [4.69, 9.17) is 17.3 Å². The lowest BCUT2D eigenvalue weighted by atomic mass is 9.89. The van der Waals surface area contributed by atoms with E-state index in [1.165, 1.54) is 18.4 Å². The minimum Gasteiger partial charge on any atom is -0.360 e. The third-order valence-corrected chi connectivity index (χ3v) is 4.18. The summed E-state index contributed by atoms with van der Waals surface area (Å²) in [6.07, 6.45) is 4.22. The molecule has 2 nitrogen and oxygen atoms in total. The molecule has 16 heavy (non-hydrogen) atoms. The highest BCUT2D eigenvalue weighted by molar-refractivity contribution is 6.35. The summed E-state index contributed by atoms with van der Waals surface area (Å²) in [6.45, 7) is 2.09. The predicted molar refractivity (Wildman–Crippen MR) is 67.9 cm³/mol. The first kappa shape index (κ1) is 10.2. The Labute approximate surface area is 99.8 Å². The molecule has 3 heteroatoms. The molecule has 1 aromatic carbocycles. The average Bonchev–Trinajstić information content (AvgIpc) is 3.01. The molecule has 84 valence electrons. The Kier molecular flexibility index (Phi) is 2.07. The lowest BCUT2D eigenvalue weighted by Crippen LogP contribution is -2.31. The Morgan fingerprint density at radius 2 is 2.19 bits per heavy atom. The highest BCUT2D eigenvalue weighted by atomic mass is 35.5. The monoisotopic (exact) mass is 234 g/mol. The number of hydrogen-bond donors (Lipinski definition) is 2. The van der Waals surface area contributed by atoms with Crippen molar-refractivity contribution in [3.8, 4) is 0 Å². The Bertz CT molecular complexity index is 538. The van der Waals surface area contributed by atoms with E-state index < -0.39 is 0 Å². The second-order valence-corrected chi connectivity index (χ2v) is 5.25. The van der Waals surface area contributed by atoms with Gasteiger partial charge in [0.15, 0.2) is 0 Å². The van der Waals surface area contributed by atoms with Crippen molar-refractivity contribution in [2.45, 2.75) is 31.2 Å². The quantitative estimate of drug-likeness (QED) is 0.823. The van der Waals surface area contributed by atoms with Crippen LogP contribution in [-0.4, -0.2) is 11.0 Å². The third kappa shape index (κ3) is 1.30. The van der Waals surface area contributed by atoms with Crippen molar-refractivity contribution < 1.29 is 0 Å². The lowest BCUT2D eigenvalue weighted by Gasteiger charge is -2.20. The van der Waals surface area contributed by atoms with E-state index in [9.17, 15) is 0 Å². The molecule has 1 heterocycles. The molecular formula is C13H15ClN2. The van der Waals surface area contributed by atoms with Crippen molar-refractivity contribution in [1.82, 2.24) is 4.98 Å². The van der Waals surface area contributed by atoms with Crippen LogP contribution < -0.4 is 5.73 Å². The van der Waals surface area contributed by atoms with E-state index in [2.05, 4.69) is 30.1 Å². The molecule has 1 fully saturated rings. The third-order valence-electron chi connectivity index (χ3n) is 3.87. The maximum atomic E-state index is 6.13. The number of halogens is 1. The Balaban J connectivity index is 2.15. The molecule has 0 bridgehead atoms. The van der Waals surface area contributed by atoms with E-state index in [1.54, 1.807) is 0 Å². The van der Waals surface area contributed by atoms with Gasteiger partial charge >= 0.3 is 0 Å². The van der Waals surface area contributed by atoms with Crippen molar-refractivity contribution in [3.05, 3.63) is 35.0 Å². The summed E-state index contributed by atoms with van der Waals surface area (Å²) >= 11 is 6.13. The fourth-order valence-electron chi connectivity index (χ4n) is 2.54. The van der Waals surface area contributed by atoms with Crippen LogP contribution in [0.15, 0.2) is 24.4 Å². The fourth-order valence-corrected chi connectivity index (χ4v) is 2.75. The van der Waals surface area contributed by atoms with Crippen molar-refractivity contribution in [2.75, 3.05) is 0 Å². The van der Waals surface area contributed by atoms with E-state index >= 15 is 0 Å². The molecule has 0 aliphatic heterocycles. The molecule has 0 amide bonds. The van der Waals surface area contributed by atoms with E-state index in [-0.39, 0.29) is 11.5 Å². The van der Waals surface area contributed by atoms with Crippen LogP contribution in [0.1, 0.15) is 25.3 Å². The van der Waals surface area contributed by atoms with Crippen LogP contribution in [0.4, 0.5) is 0 Å². The van der Waals surface area contributed by atoms with Gasteiger partial charge in [-0.3, -0.25) is 0 Å². The molecule has 1 atom stereocenters. The molecule has 2 aromatic rings. The molecule has 1 aliphatic rings. The van der Waals surface area contributed by atoms with Gasteiger partial charge in [0.1, 0.15) is 0 Å². The SMILES string of the molecule is CC(N)C1(c2ccc3[nH]cc(Cl)c3c2)CC1. The molecule has 0 saturated heterocycles. The van der Waals surface area contributed by atoms with Crippen LogP contribution in [-0.2, 0) is 5.41 Å². The molecule has 1 saturated carbocycles.